The van der Waals surface area contributed by atoms with E-state index in [1.54, 1.807) is 0 Å². The van der Waals surface area contributed by atoms with Gasteiger partial charge in [0, 0.05) is 12.7 Å². The van der Waals surface area contributed by atoms with Gasteiger partial charge in [-0.05, 0) is 12.1 Å². The van der Waals surface area contributed by atoms with Gasteiger partial charge >= 0.3 is 0 Å². The quantitative estimate of drug-likeness (QED) is 0.789. The van der Waals surface area contributed by atoms with Crippen molar-refractivity contribution in [2.45, 2.75) is 6.04 Å². The van der Waals surface area contributed by atoms with Crippen LogP contribution >= 0.6 is 0 Å². The first-order chi connectivity index (χ1) is 6.69. The van der Waals surface area contributed by atoms with E-state index in [9.17, 15) is 4.39 Å². The lowest BCUT2D eigenvalue weighted by molar-refractivity contribution is 0.179. The van der Waals surface area contributed by atoms with Crippen molar-refractivity contribution in [2.75, 3.05) is 13.7 Å². The van der Waals surface area contributed by atoms with E-state index in [0.29, 0.717) is 5.56 Å². The first-order valence-electron chi connectivity index (χ1n) is 4.13. The molecule has 74 valence electrons. The molecule has 4 heteroatoms. The Bertz CT molecular complexity index is 360. The number of nitrogens with two attached hydrogens (primary N) is 1. The van der Waals surface area contributed by atoms with E-state index in [0.717, 1.165) is 0 Å². The zero-order chi connectivity index (χ0) is 10.6. The number of nitrogens with zero attached hydrogens (tertiary/aromatic N) is 1. The van der Waals surface area contributed by atoms with Gasteiger partial charge in [0.25, 0.3) is 0 Å². The van der Waals surface area contributed by atoms with Crippen LogP contribution in [-0.4, -0.2) is 13.7 Å². The maximum absolute atomic E-state index is 13.3. The fraction of sp³-hybridized carbons (Fsp3) is 0.300. The second-order valence-electron chi connectivity index (χ2n) is 2.91. The summed E-state index contributed by atoms with van der Waals surface area (Å²) in [5.74, 6) is -0.464. The number of hydrogen-bond donors (Lipinski definition) is 1. The van der Waals surface area contributed by atoms with Gasteiger partial charge < -0.3 is 10.5 Å². The summed E-state index contributed by atoms with van der Waals surface area (Å²) in [4.78, 5) is 0. The predicted molar refractivity (Wildman–Crippen MR) is 49.9 cm³/mol. The van der Waals surface area contributed by atoms with Crippen LogP contribution < -0.4 is 5.73 Å². The third kappa shape index (κ3) is 2.28. The minimum Gasteiger partial charge on any atom is -0.383 e. The third-order valence-corrected chi connectivity index (χ3v) is 1.88. The number of halogens is 1. The fourth-order valence-corrected chi connectivity index (χ4v) is 1.17. The molecule has 0 spiro atoms. The minimum atomic E-state index is -0.493. The summed E-state index contributed by atoms with van der Waals surface area (Å²) in [5.41, 5.74) is 6.30. The van der Waals surface area contributed by atoms with Gasteiger partial charge in [-0.1, -0.05) is 6.07 Å². The van der Waals surface area contributed by atoms with Gasteiger partial charge in [-0.15, -0.1) is 0 Å². The monoisotopic (exact) mass is 194 g/mol. The summed E-state index contributed by atoms with van der Waals surface area (Å²) in [6.45, 7) is 0.253. The minimum absolute atomic E-state index is 0.253. The summed E-state index contributed by atoms with van der Waals surface area (Å²) in [6, 6.07) is 5.58. The fourth-order valence-electron chi connectivity index (χ4n) is 1.17. The molecule has 0 saturated heterocycles. The van der Waals surface area contributed by atoms with E-state index in [1.807, 2.05) is 6.07 Å². The number of hydrogen-bond acceptors (Lipinski definition) is 3. The summed E-state index contributed by atoms with van der Waals surface area (Å²) in [6.07, 6.45) is 0. The van der Waals surface area contributed by atoms with E-state index in [4.69, 9.17) is 15.7 Å². The van der Waals surface area contributed by atoms with Crippen molar-refractivity contribution in [3.8, 4) is 6.07 Å². The maximum Gasteiger partial charge on any atom is 0.129 e. The molecule has 0 radical (unpaired) electrons. The standard InChI is InChI=1S/C10H11FN2O/c1-14-6-10(13)8-3-2-7(5-12)4-9(8)11/h2-4,10H,6,13H2,1H3/t10-/m0/s1. The molecule has 0 saturated carbocycles. The van der Waals surface area contributed by atoms with Crippen LogP contribution in [0.1, 0.15) is 17.2 Å². The molecule has 0 aliphatic carbocycles. The summed E-state index contributed by atoms with van der Waals surface area (Å²) < 4.78 is 18.1. The molecule has 14 heavy (non-hydrogen) atoms. The summed E-state index contributed by atoms with van der Waals surface area (Å²) in [7, 11) is 1.50. The predicted octanol–water partition coefficient (Wildman–Crippen LogP) is 1.34. The second-order valence-corrected chi connectivity index (χ2v) is 2.91. The van der Waals surface area contributed by atoms with Gasteiger partial charge in [0.05, 0.1) is 24.3 Å². The topological polar surface area (TPSA) is 59.0 Å². The lowest BCUT2D eigenvalue weighted by Crippen LogP contribution is -2.17. The summed E-state index contributed by atoms with van der Waals surface area (Å²) >= 11 is 0. The molecule has 1 rings (SSSR count). The number of rotatable bonds is 3. The third-order valence-electron chi connectivity index (χ3n) is 1.88. The van der Waals surface area contributed by atoms with Gasteiger partial charge in [0.1, 0.15) is 5.82 Å². The molecule has 0 aliphatic rings. The average Bonchev–Trinajstić information content (AvgIpc) is 2.17. The highest BCUT2D eigenvalue weighted by Gasteiger charge is 2.11. The zero-order valence-corrected chi connectivity index (χ0v) is 7.83. The number of ether oxygens (including phenoxy) is 1. The van der Waals surface area contributed by atoms with Gasteiger partial charge in [-0.25, -0.2) is 4.39 Å². The van der Waals surface area contributed by atoms with Crippen molar-refractivity contribution in [3.63, 3.8) is 0 Å². The van der Waals surface area contributed by atoms with Gasteiger partial charge in [-0.3, -0.25) is 0 Å². The van der Waals surface area contributed by atoms with Crippen LogP contribution in [0.15, 0.2) is 18.2 Å². The van der Waals surface area contributed by atoms with Crippen LogP contribution in [0.2, 0.25) is 0 Å². The van der Waals surface area contributed by atoms with Crippen molar-refractivity contribution >= 4 is 0 Å². The van der Waals surface area contributed by atoms with Crippen molar-refractivity contribution in [2.24, 2.45) is 5.73 Å². The molecule has 3 nitrogen and oxygen atoms in total. The Morgan fingerprint density at radius 1 is 1.64 bits per heavy atom. The van der Waals surface area contributed by atoms with E-state index in [1.165, 1.54) is 25.3 Å². The molecular formula is C10H11FN2O. The van der Waals surface area contributed by atoms with Crippen LogP contribution in [-0.2, 0) is 4.74 Å². The molecular weight excluding hydrogens is 183 g/mol. The first kappa shape index (κ1) is 10.6. The van der Waals surface area contributed by atoms with Gasteiger partial charge in [-0.2, -0.15) is 5.26 Å². The van der Waals surface area contributed by atoms with E-state index >= 15 is 0 Å². The molecule has 0 bridgehead atoms. The zero-order valence-electron chi connectivity index (χ0n) is 7.83. The second kappa shape index (κ2) is 4.70. The number of nitriles is 1. The molecule has 0 unspecified atom stereocenters. The molecule has 1 aromatic carbocycles. The van der Waals surface area contributed by atoms with Crippen molar-refractivity contribution < 1.29 is 9.13 Å². The maximum atomic E-state index is 13.3. The highest BCUT2D eigenvalue weighted by atomic mass is 19.1. The highest BCUT2D eigenvalue weighted by molar-refractivity contribution is 5.34. The van der Waals surface area contributed by atoms with Crippen LogP contribution in [0, 0.1) is 17.1 Å². The Morgan fingerprint density at radius 2 is 2.36 bits per heavy atom. The molecule has 2 N–H and O–H groups in total. The van der Waals surface area contributed by atoms with Crippen LogP contribution in [0.4, 0.5) is 4.39 Å². The lowest BCUT2D eigenvalue weighted by atomic mass is 10.1. The Kier molecular flexibility index (Phi) is 3.57. The van der Waals surface area contributed by atoms with E-state index < -0.39 is 11.9 Å². The van der Waals surface area contributed by atoms with Crippen molar-refractivity contribution in [1.29, 1.82) is 5.26 Å². The Morgan fingerprint density at radius 3 is 2.86 bits per heavy atom. The normalized spacial score (nSPS) is 12.1. The molecule has 1 aromatic rings. The van der Waals surface area contributed by atoms with E-state index in [2.05, 4.69) is 0 Å². The number of benzene rings is 1. The van der Waals surface area contributed by atoms with Gasteiger partial charge in [0.2, 0.25) is 0 Å². The van der Waals surface area contributed by atoms with Crippen LogP contribution in [0.5, 0.6) is 0 Å². The molecule has 0 aromatic heterocycles. The smallest absolute Gasteiger partial charge is 0.129 e. The summed E-state index contributed by atoms with van der Waals surface area (Å²) in [5, 5.41) is 8.52. The first-order valence-corrected chi connectivity index (χ1v) is 4.13. The Hall–Kier alpha value is -1.44. The molecule has 0 amide bonds. The molecule has 0 fully saturated rings. The molecule has 0 heterocycles. The van der Waals surface area contributed by atoms with E-state index in [-0.39, 0.29) is 12.2 Å². The van der Waals surface area contributed by atoms with Crippen LogP contribution in [0.3, 0.4) is 0 Å². The van der Waals surface area contributed by atoms with Crippen molar-refractivity contribution in [3.05, 3.63) is 35.1 Å². The van der Waals surface area contributed by atoms with Crippen LogP contribution in [0.25, 0.3) is 0 Å². The largest absolute Gasteiger partial charge is 0.383 e. The molecule has 1 atom stereocenters. The highest BCUT2D eigenvalue weighted by Crippen LogP contribution is 2.16. The van der Waals surface area contributed by atoms with Crippen molar-refractivity contribution in [1.82, 2.24) is 0 Å². The Balaban J connectivity index is 2.95. The number of methoxy groups -OCH3 is 1. The van der Waals surface area contributed by atoms with Gasteiger partial charge in [0.15, 0.2) is 0 Å². The SMILES string of the molecule is COC[C@H](N)c1ccc(C#N)cc1F. The lowest BCUT2D eigenvalue weighted by Gasteiger charge is -2.11. The molecule has 0 aliphatic heterocycles. The Labute approximate surface area is 81.9 Å². The average molecular weight is 194 g/mol.